The first-order chi connectivity index (χ1) is 9.69. The number of hydrogen-bond acceptors (Lipinski definition) is 2. The van der Waals surface area contributed by atoms with Gasteiger partial charge in [-0.25, -0.2) is 9.37 Å². The lowest BCUT2D eigenvalue weighted by molar-refractivity contribution is 0.293. The third kappa shape index (κ3) is 3.30. The van der Waals surface area contributed by atoms with Crippen molar-refractivity contribution in [3.63, 3.8) is 0 Å². The minimum Gasteiger partial charge on any atom is -0.327 e. The van der Waals surface area contributed by atoms with Gasteiger partial charge in [-0.05, 0) is 44.3 Å². The predicted octanol–water partition coefficient (Wildman–Crippen LogP) is 3.65. The van der Waals surface area contributed by atoms with Crippen LogP contribution in [0.2, 0.25) is 0 Å². The number of nitrogens with zero attached hydrogens (tertiary/aromatic N) is 3. The van der Waals surface area contributed by atoms with Gasteiger partial charge in [0, 0.05) is 6.54 Å². The number of benzene rings is 1. The minimum absolute atomic E-state index is 0.233. The summed E-state index contributed by atoms with van der Waals surface area (Å²) in [5.41, 5.74) is 1.64. The molecule has 2 rings (SSSR count). The SMILES string of the molecule is CCN(CC)CCCn1c(CCl)nc2ccc(F)cc21. The van der Waals surface area contributed by atoms with Crippen LogP contribution in [0.15, 0.2) is 18.2 Å². The Kier molecular flexibility index (Phi) is 5.38. The molecule has 1 aromatic heterocycles. The molecular weight excluding hydrogens is 277 g/mol. The first-order valence-electron chi connectivity index (χ1n) is 7.12. The topological polar surface area (TPSA) is 21.1 Å². The Hall–Kier alpha value is -1.13. The Morgan fingerprint density at radius 1 is 1.30 bits per heavy atom. The van der Waals surface area contributed by atoms with Gasteiger partial charge >= 0.3 is 0 Å². The van der Waals surface area contributed by atoms with Crippen molar-refractivity contribution < 1.29 is 4.39 Å². The van der Waals surface area contributed by atoms with E-state index in [0.29, 0.717) is 5.88 Å². The summed E-state index contributed by atoms with van der Waals surface area (Å²) in [7, 11) is 0. The number of hydrogen-bond donors (Lipinski definition) is 0. The number of rotatable bonds is 7. The maximum atomic E-state index is 13.4. The standard InChI is InChI=1S/C15H21ClFN3/c1-3-19(4-2)8-5-9-20-14-10-12(17)6-7-13(14)18-15(20)11-16/h6-7,10H,3-5,8-9,11H2,1-2H3. The van der Waals surface area contributed by atoms with Crippen molar-refractivity contribution in [2.24, 2.45) is 0 Å². The number of imidazole rings is 1. The number of fused-ring (bicyclic) bond motifs is 1. The third-order valence-electron chi connectivity index (χ3n) is 3.66. The van der Waals surface area contributed by atoms with Crippen molar-refractivity contribution in [3.8, 4) is 0 Å². The molecule has 1 heterocycles. The normalized spacial score (nSPS) is 11.7. The van der Waals surface area contributed by atoms with Gasteiger partial charge < -0.3 is 9.47 Å². The Bertz CT molecular complexity index is 563. The number of halogens is 2. The highest BCUT2D eigenvalue weighted by molar-refractivity contribution is 6.16. The summed E-state index contributed by atoms with van der Waals surface area (Å²) in [6, 6.07) is 4.69. The van der Waals surface area contributed by atoms with Crippen LogP contribution in [0.1, 0.15) is 26.1 Å². The van der Waals surface area contributed by atoms with E-state index in [1.165, 1.54) is 12.1 Å². The van der Waals surface area contributed by atoms with Gasteiger partial charge in [-0.1, -0.05) is 13.8 Å². The Morgan fingerprint density at radius 3 is 2.70 bits per heavy atom. The summed E-state index contributed by atoms with van der Waals surface area (Å²) in [5.74, 6) is 0.928. The molecule has 0 atom stereocenters. The van der Waals surface area contributed by atoms with Gasteiger partial charge in [0.05, 0.1) is 16.9 Å². The Balaban J connectivity index is 2.17. The number of aryl methyl sites for hydroxylation is 1. The number of aromatic nitrogens is 2. The molecule has 0 aliphatic heterocycles. The lowest BCUT2D eigenvalue weighted by Crippen LogP contribution is -2.25. The molecule has 0 bridgehead atoms. The van der Waals surface area contributed by atoms with Crippen molar-refractivity contribution in [2.45, 2.75) is 32.7 Å². The first-order valence-corrected chi connectivity index (χ1v) is 7.66. The van der Waals surface area contributed by atoms with E-state index in [0.717, 1.165) is 49.5 Å². The highest BCUT2D eigenvalue weighted by Crippen LogP contribution is 2.19. The maximum absolute atomic E-state index is 13.4. The lowest BCUT2D eigenvalue weighted by atomic mass is 10.3. The molecule has 3 nitrogen and oxygen atoms in total. The summed E-state index contributed by atoms with van der Waals surface area (Å²) in [6.45, 7) is 8.28. The maximum Gasteiger partial charge on any atom is 0.125 e. The summed E-state index contributed by atoms with van der Waals surface area (Å²) < 4.78 is 15.4. The molecule has 20 heavy (non-hydrogen) atoms. The fraction of sp³-hybridized carbons (Fsp3) is 0.533. The largest absolute Gasteiger partial charge is 0.327 e. The molecule has 0 amide bonds. The van der Waals surface area contributed by atoms with Crippen LogP contribution in [-0.4, -0.2) is 34.1 Å². The molecule has 0 N–H and O–H groups in total. The van der Waals surface area contributed by atoms with E-state index in [-0.39, 0.29) is 5.82 Å². The summed E-state index contributed by atoms with van der Waals surface area (Å²) in [5, 5.41) is 0. The second kappa shape index (κ2) is 7.04. The van der Waals surface area contributed by atoms with Gasteiger partial charge in [0.15, 0.2) is 0 Å². The van der Waals surface area contributed by atoms with Crippen molar-refractivity contribution in [2.75, 3.05) is 19.6 Å². The van der Waals surface area contributed by atoms with E-state index in [9.17, 15) is 4.39 Å². The first kappa shape index (κ1) is 15.3. The summed E-state index contributed by atoms with van der Waals surface area (Å²) >= 11 is 5.95. The van der Waals surface area contributed by atoms with Gasteiger partial charge in [0.25, 0.3) is 0 Å². The average molecular weight is 298 g/mol. The molecule has 0 aliphatic rings. The highest BCUT2D eigenvalue weighted by atomic mass is 35.5. The molecule has 2 aromatic rings. The second-order valence-electron chi connectivity index (χ2n) is 4.83. The summed E-state index contributed by atoms with van der Waals surface area (Å²) in [4.78, 5) is 6.84. The molecule has 0 aliphatic carbocycles. The van der Waals surface area contributed by atoms with E-state index in [1.807, 2.05) is 4.57 Å². The Morgan fingerprint density at radius 2 is 2.05 bits per heavy atom. The Labute approximate surface area is 124 Å². The monoisotopic (exact) mass is 297 g/mol. The second-order valence-corrected chi connectivity index (χ2v) is 5.09. The van der Waals surface area contributed by atoms with Crippen LogP contribution in [0, 0.1) is 5.82 Å². The molecular formula is C15H21ClFN3. The van der Waals surface area contributed by atoms with Crippen LogP contribution >= 0.6 is 11.6 Å². The number of alkyl halides is 1. The van der Waals surface area contributed by atoms with Crippen LogP contribution in [0.25, 0.3) is 11.0 Å². The van der Waals surface area contributed by atoms with Gasteiger partial charge in [-0.2, -0.15) is 0 Å². The molecule has 0 radical (unpaired) electrons. The lowest BCUT2D eigenvalue weighted by Gasteiger charge is -2.18. The fourth-order valence-corrected chi connectivity index (χ4v) is 2.69. The van der Waals surface area contributed by atoms with Crippen molar-refractivity contribution in [3.05, 3.63) is 29.8 Å². The molecule has 0 fully saturated rings. The van der Waals surface area contributed by atoms with Gasteiger partial charge in [-0.3, -0.25) is 0 Å². The van der Waals surface area contributed by atoms with Crippen LogP contribution < -0.4 is 0 Å². The van der Waals surface area contributed by atoms with Crippen LogP contribution in [0.3, 0.4) is 0 Å². The van der Waals surface area contributed by atoms with Crippen molar-refractivity contribution >= 4 is 22.6 Å². The van der Waals surface area contributed by atoms with Crippen LogP contribution in [0.5, 0.6) is 0 Å². The molecule has 5 heteroatoms. The molecule has 0 saturated carbocycles. The van der Waals surface area contributed by atoms with Gasteiger partial charge in [-0.15, -0.1) is 11.6 Å². The zero-order valence-corrected chi connectivity index (χ0v) is 12.8. The minimum atomic E-state index is -0.233. The van der Waals surface area contributed by atoms with Crippen LogP contribution in [-0.2, 0) is 12.4 Å². The predicted molar refractivity (Wildman–Crippen MR) is 81.7 cm³/mol. The average Bonchev–Trinajstić information content (AvgIpc) is 2.81. The molecule has 1 aromatic carbocycles. The van der Waals surface area contributed by atoms with Gasteiger partial charge in [0.2, 0.25) is 0 Å². The van der Waals surface area contributed by atoms with E-state index in [4.69, 9.17) is 11.6 Å². The summed E-state index contributed by atoms with van der Waals surface area (Å²) in [6.07, 6.45) is 1.01. The van der Waals surface area contributed by atoms with E-state index >= 15 is 0 Å². The zero-order chi connectivity index (χ0) is 14.5. The quantitative estimate of drug-likeness (QED) is 0.728. The fourth-order valence-electron chi connectivity index (χ4n) is 2.49. The third-order valence-corrected chi connectivity index (χ3v) is 3.90. The van der Waals surface area contributed by atoms with E-state index in [1.54, 1.807) is 6.07 Å². The van der Waals surface area contributed by atoms with Crippen LogP contribution in [0.4, 0.5) is 4.39 Å². The van der Waals surface area contributed by atoms with E-state index < -0.39 is 0 Å². The van der Waals surface area contributed by atoms with Crippen molar-refractivity contribution in [1.82, 2.24) is 14.5 Å². The van der Waals surface area contributed by atoms with E-state index in [2.05, 4.69) is 23.7 Å². The van der Waals surface area contributed by atoms with Gasteiger partial charge in [0.1, 0.15) is 11.6 Å². The molecule has 0 spiro atoms. The zero-order valence-electron chi connectivity index (χ0n) is 12.1. The molecule has 110 valence electrons. The highest BCUT2D eigenvalue weighted by Gasteiger charge is 2.11. The molecule has 0 saturated heterocycles. The smallest absolute Gasteiger partial charge is 0.125 e. The molecule has 0 unspecified atom stereocenters. The van der Waals surface area contributed by atoms with Crippen molar-refractivity contribution in [1.29, 1.82) is 0 Å².